The van der Waals surface area contributed by atoms with Crippen LogP contribution in [0.1, 0.15) is 28.9 Å². The number of methoxy groups -OCH3 is 3. The number of ether oxygens (including phenoxy) is 3. The summed E-state index contributed by atoms with van der Waals surface area (Å²) in [7, 11) is 4.12. The molecule has 1 N–H and O–H groups in total. The normalized spacial score (nSPS) is 17.2. The van der Waals surface area contributed by atoms with E-state index < -0.39 is 35.8 Å². The molecule has 0 radical (unpaired) electrons. The summed E-state index contributed by atoms with van der Waals surface area (Å²) in [5, 5.41) is 10.2. The Morgan fingerprint density at radius 1 is 1.15 bits per heavy atom. The molecular formula is C18H21NO7. The highest BCUT2D eigenvalue weighted by molar-refractivity contribution is 6.08. The van der Waals surface area contributed by atoms with Gasteiger partial charge in [0.2, 0.25) is 0 Å². The highest BCUT2D eigenvalue weighted by atomic mass is 16.7. The van der Waals surface area contributed by atoms with Crippen LogP contribution in [0.2, 0.25) is 0 Å². The fraction of sp³-hybridized carbons (Fsp3) is 0.389. The smallest absolute Gasteiger partial charge is 0.337 e. The predicted octanol–water partition coefficient (Wildman–Crippen LogP) is 1.38. The minimum absolute atomic E-state index is 0.00762. The molecule has 0 bridgehead atoms. The van der Waals surface area contributed by atoms with Crippen molar-refractivity contribution in [1.29, 1.82) is 0 Å². The van der Waals surface area contributed by atoms with Gasteiger partial charge in [-0.2, -0.15) is 0 Å². The van der Waals surface area contributed by atoms with E-state index in [9.17, 15) is 19.5 Å². The van der Waals surface area contributed by atoms with Crippen molar-refractivity contribution in [2.24, 2.45) is 0 Å². The van der Waals surface area contributed by atoms with Gasteiger partial charge < -0.3 is 24.2 Å². The van der Waals surface area contributed by atoms with E-state index in [1.165, 1.54) is 45.3 Å². The van der Waals surface area contributed by atoms with E-state index in [1.807, 2.05) is 0 Å². The van der Waals surface area contributed by atoms with Gasteiger partial charge in [0.1, 0.15) is 0 Å². The van der Waals surface area contributed by atoms with Gasteiger partial charge in [0.05, 0.1) is 30.8 Å². The molecule has 1 aromatic carbocycles. The summed E-state index contributed by atoms with van der Waals surface area (Å²) in [5.41, 5.74) is 0.884. The number of Topliss-reactive ketones (excluding diaryl/α,β-unsaturated/α-hetero) is 1. The van der Waals surface area contributed by atoms with Crippen LogP contribution in [0.5, 0.6) is 0 Å². The SMILES string of the molecule is COC(=O)c1ccc(C2C(C(C)=O)=C(O)C(=O)N2CC(OC)OC)cc1. The first kappa shape index (κ1) is 19.6. The molecule has 1 amide bonds. The number of aliphatic hydroxyl groups excluding tert-OH is 1. The van der Waals surface area contributed by atoms with E-state index in [1.54, 1.807) is 12.1 Å². The zero-order chi connectivity index (χ0) is 19.4. The number of hydrogen-bond donors (Lipinski definition) is 1. The first-order valence-electron chi connectivity index (χ1n) is 7.84. The quantitative estimate of drug-likeness (QED) is 0.577. The van der Waals surface area contributed by atoms with Gasteiger partial charge in [0, 0.05) is 14.2 Å². The molecule has 26 heavy (non-hydrogen) atoms. The molecule has 140 valence electrons. The molecule has 1 atom stereocenters. The van der Waals surface area contributed by atoms with Crippen LogP contribution in [0.15, 0.2) is 35.6 Å². The van der Waals surface area contributed by atoms with Crippen LogP contribution in [-0.2, 0) is 23.8 Å². The van der Waals surface area contributed by atoms with Gasteiger partial charge in [0.25, 0.3) is 5.91 Å². The lowest BCUT2D eigenvalue weighted by molar-refractivity contribution is -0.144. The Hall–Kier alpha value is -2.71. The highest BCUT2D eigenvalue weighted by Crippen LogP contribution is 2.37. The molecular weight excluding hydrogens is 342 g/mol. The molecule has 0 aromatic heterocycles. The Balaban J connectivity index is 2.45. The average molecular weight is 363 g/mol. The molecule has 1 unspecified atom stereocenters. The minimum atomic E-state index is -0.806. The lowest BCUT2D eigenvalue weighted by Crippen LogP contribution is -2.38. The van der Waals surface area contributed by atoms with E-state index in [0.717, 1.165) is 0 Å². The average Bonchev–Trinajstić information content (AvgIpc) is 2.90. The third-order valence-corrected chi connectivity index (χ3v) is 4.20. The largest absolute Gasteiger partial charge is 0.503 e. The maximum atomic E-state index is 12.5. The van der Waals surface area contributed by atoms with E-state index in [2.05, 4.69) is 4.74 Å². The van der Waals surface area contributed by atoms with Crippen LogP contribution < -0.4 is 0 Å². The fourth-order valence-electron chi connectivity index (χ4n) is 2.87. The Morgan fingerprint density at radius 2 is 1.73 bits per heavy atom. The second-order valence-corrected chi connectivity index (χ2v) is 5.69. The summed E-state index contributed by atoms with van der Waals surface area (Å²) in [6, 6.07) is 5.46. The number of ketones is 1. The summed E-state index contributed by atoms with van der Waals surface area (Å²) in [4.78, 5) is 37.4. The summed E-state index contributed by atoms with van der Waals surface area (Å²) >= 11 is 0. The number of carbonyl (C=O) groups is 3. The van der Waals surface area contributed by atoms with Gasteiger partial charge in [-0.3, -0.25) is 9.59 Å². The van der Waals surface area contributed by atoms with Crippen molar-refractivity contribution in [2.45, 2.75) is 19.3 Å². The monoisotopic (exact) mass is 363 g/mol. The number of carbonyl (C=O) groups excluding carboxylic acids is 3. The summed E-state index contributed by atoms with van der Waals surface area (Å²) < 4.78 is 14.9. The Morgan fingerprint density at radius 3 is 2.19 bits per heavy atom. The second kappa shape index (κ2) is 8.11. The van der Waals surface area contributed by atoms with Crippen molar-refractivity contribution < 1.29 is 33.7 Å². The molecule has 1 heterocycles. The van der Waals surface area contributed by atoms with Crippen molar-refractivity contribution in [3.8, 4) is 0 Å². The lowest BCUT2D eigenvalue weighted by atomic mass is 9.96. The van der Waals surface area contributed by atoms with Crippen LogP contribution in [0, 0.1) is 0 Å². The Labute approximate surface area is 150 Å². The molecule has 0 aliphatic carbocycles. The summed E-state index contributed by atoms with van der Waals surface area (Å²) in [5.74, 6) is -2.20. The van der Waals surface area contributed by atoms with Crippen molar-refractivity contribution in [1.82, 2.24) is 4.90 Å². The summed E-state index contributed by atoms with van der Waals surface area (Å²) in [6.07, 6.45) is -0.727. The molecule has 1 aromatic rings. The molecule has 1 aliphatic rings. The van der Waals surface area contributed by atoms with Crippen LogP contribution in [-0.4, -0.2) is 61.8 Å². The molecule has 0 fully saturated rings. The molecule has 0 spiro atoms. The van der Waals surface area contributed by atoms with Crippen LogP contribution in [0.25, 0.3) is 0 Å². The topological polar surface area (TPSA) is 102 Å². The minimum Gasteiger partial charge on any atom is -0.503 e. The van der Waals surface area contributed by atoms with Crippen LogP contribution in [0.4, 0.5) is 0 Å². The zero-order valence-electron chi connectivity index (χ0n) is 15.0. The number of hydrogen-bond acceptors (Lipinski definition) is 7. The molecule has 8 nitrogen and oxygen atoms in total. The van der Waals surface area contributed by atoms with Gasteiger partial charge in [-0.1, -0.05) is 12.1 Å². The Kier molecular flexibility index (Phi) is 6.12. The van der Waals surface area contributed by atoms with E-state index in [-0.39, 0.29) is 12.1 Å². The van der Waals surface area contributed by atoms with Gasteiger partial charge in [0.15, 0.2) is 17.8 Å². The predicted molar refractivity (Wildman–Crippen MR) is 90.4 cm³/mol. The molecule has 1 aliphatic heterocycles. The first-order chi connectivity index (χ1) is 12.3. The van der Waals surface area contributed by atoms with Crippen molar-refractivity contribution in [2.75, 3.05) is 27.9 Å². The lowest BCUT2D eigenvalue weighted by Gasteiger charge is -2.29. The van der Waals surface area contributed by atoms with Gasteiger partial charge in [-0.15, -0.1) is 0 Å². The molecule has 0 saturated heterocycles. The van der Waals surface area contributed by atoms with Gasteiger partial charge in [-0.25, -0.2) is 4.79 Å². The number of benzene rings is 1. The number of amides is 1. The first-order valence-corrected chi connectivity index (χ1v) is 7.84. The van der Waals surface area contributed by atoms with Gasteiger partial charge >= 0.3 is 5.97 Å². The number of nitrogens with zero attached hydrogens (tertiary/aromatic N) is 1. The highest BCUT2D eigenvalue weighted by Gasteiger charge is 2.43. The van der Waals surface area contributed by atoms with Crippen molar-refractivity contribution in [3.05, 3.63) is 46.7 Å². The number of rotatable bonds is 7. The molecule has 0 saturated carbocycles. The van der Waals surface area contributed by atoms with Crippen molar-refractivity contribution >= 4 is 17.7 Å². The molecule has 2 rings (SSSR count). The van der Waals surface area contributed by atoms with E-state index in [0.29, 0.717) is 11.1 Å². The third-order valence-electron chi connectivity index (χ3n) is 4.20. The Bertz CT molecular complexity index is 734. The maximum Gasteiger partial charge on any atom is 0.337 e. The van der Waals surface area contributed by atoms with Crippen molar-refractivity contribution in [3.63, 3.8) is 0 Å². The van der Waals surface area contributed by atoms with E-state index in [4.69, 9.17) is 9.47 Å². The van der Waals surface area contributed by atoms with Gasteiger partial charge in [-0.05, 0) is 24.6 Å². The van der Waals surface area contributed by atoms with Crippen LogP contribution >= 0.6 is 0 Å². The van der Waals surface area contributed by atoms with E-state index >= 15 is 0 Å². The standard InChI is InChI=1S/C18H21NO7/c1-10(20)14-15(11-5-7-12(8-6-11)18(23)26-4)19(17(22)16(14)21)9-13(24-2)25-3/h5-8,13,15,21H,9H2,1-4H3. The maximum absolute atomic E-state index is 12.5. The number of aliphatic hydroxyl groups is 1. The third kappa shape index (κ3) is 3.61. The second-order valence-electron chi connectivity index (χ2n) is 5.69. The summed E-state index contributed by atoms with van der Waals surface area (Å²) in [6.45, 7) is 1.29. The molecule has 8 heteroatoms. The number of esters is 1. The fourth-order valence-corrected chi connectivity index (χ4v) is 2.87. The van der Waals surface area contributed by atoms with Crippen LogP contribution in [0.3, 0.4) is 0 Å². The zero-order valence-corrected chi connectivity index (χ0v) is 15.0.